The molecule has 2 rings (SSSR count). The van der Waals surface area contributed by atoms with E-state index in [9.17, 15) is 4.79 Å². The Morgan fingerprint density at radius 3 is 2.76 bits per heavy atom. The van der Waals surface area contributed by atoms with Crippen LogP contribution in [-0.4, -0.2) is 44.1 Å². The lowest BCUT2D eigenvalue weighted by Crippen LogP contribution is -2.46. The van der Waals surface area contributed by atoms with Crippen LogP contribution in [0.3, 0.4) is 0 Å². The maximum atomic E-state index is 12.2. The van der Waals surface area contributed by atoms with E-state index in [-0.39, 0.29) is 5.91 Å². The summed E-state index contributed by atoms with van der Waals surface area (Å²) in [5, 5.41) is 3.27. The molecule has 0 saturated carbocycles. The molecular formula is C17H26N2O2. The van der Waals surface area contributed by atoms with Gasteiger partial charge < -0.3 is 15.0 Å². The number of carbonyl (C=O) groups excluding carboxylic acids is 1. The van der Waals surface area contributed by atoms with Gasteiger partial charge in [0.2, 0.25) is 5.91 Å². The third-order valence-electron chi connectivity index (χ3n) is 4.18. The standard InChI is InChI=1S/C17H26N2O2/c1-13-4-6-16(21-3)15(12-13)14(2)5-7-17(20)19-10-8-18-9-11-19/h4,6,12,14,18H,5,7-11H2,1-3H3. The zero-order valence-electron chi connectivity index (χ0n) is 13.3. The summed E-state index contributed by atoms with van der Waals surface area (Å²) in [6.45, 7) is 7.74. The van der Waals surface area contributed by atoms with Crippen LogP contribution < -0.4 is 10.1 Å². The van der Waals surface area contributed by atoms with Gasteiger partial charge in [-0.2, -0.15) is 0 Å². The van der Waals surface area contributed by atoms with E-state index in [1.165, 1.54) is 11.1 Å². The summed E-state index contributed by atoms with van der Waals surface area (Å²) in [4.78, 5) is 14.2. The summed E-state index contributed by atoms with van der Waals surface area (Å²) in [6.07, 6.45) is 1.47. The number of benzene rings is 1. The second kappa shape index (κ2) is 7.46. The van der Waals surface area contributed by atoms with Crippen LogP contribution in [0.25, 0.3) is 0 Å². The molecule has 1 unspecified atom stereocenters. The van der Waals surface area contributed by atoms with Crippen LogP contribution in [0, 0.1) is 6.92 Å². The first-order chi connectivity index (χ1) is 10.1. The average Bonchev–Trinajstić information content (AvgIpc) is 2.53. The predicted octanol–water partition coefficient (Wildman–Crippen LogP) is 2.32. The fourth-order valence-corrected chi connectivity index (χ4v) is 2.81. The normalized spacial score (nSPS) is 16.6. The Hall–Kier alpha value is -1.55. The first kappa shape index (κ1) is 15.8. The zero-order chi connectivity index (χ0) is 15.2. The summed E-state index contributed by atoms with van der Waals surface area (Å²) in [7, 11) is 1.70. The molecule has 0 aliphatic carbocycles. The molecule has 1 N–H and O–H groups in total. The number of nitrogens with one attached hydrogen (secondary N) is 1. The van der Waals surface area contributed by atoms with Gasteiger partial charge >= 0.3 is 0 Å². The number of amides is 1. The van der Waals surface area contributed by atoms with Crippen molar-refractivity contribution in [2.75, 3.05) is 33.3 Å². The Balaban J connectivity index is 1.93. The van der Waals surface area contributed by atoms with Crippen LogP contribution in [0.4, 0.5) is 0 Å². The Labute approximate surface area is 127 Å². The minimum Gasteiger partial charge on any atom is -0.496 e. The molecule has 1 aromatic carbocycles. The van der Waals surface area contributed by atoms with Crippen LogP contribution in [0.5, 0.6) is 5.75 Å². The molecule has 1 amide bonds. The Morgan fingerprint density at radius 1 is 1.38 bits per heavy atom. The van der Waals surface area contributed by atoms with Crippen molar-refractivity contribution in [3.05, 3.63) is 29.3 Å². The monoisotopic (exact) mass is 290 g/mol. The minimum absolute atomic E-state index is 0.273. The fraction of sp³-hybridized carbons (Fsp3) is 0.588. The molecule has 1 atom stereocenters. The Morgan fingerprint density at radius 2 is 2.10 bits per heavy atom. The van der Waals surface area contributed by atoms with Gasteiger partial charge in [0.1, 0.15) is 5.75 Å². The van der Waals surface area contributed by atoms with E-state index in [1.54, 1.807) is 7.11 Å². The highest BCUT2D eigenvalue weighted by molar-refractivity contribution is 5.76. The highest BCUT2D eigenvalue weighted by Crippen LogP contribution is 2.30. The molecular weight excluding hydrogens is 264 g/mol. The molecule has 1 aromatic rings. The van der Waals surface area contributed by atoms with Crippen molar-refractivity contribution in [3.63, 3.8) is 0 Å². The van der Waals surface area contributed by atoms with Gasteiger partial charge in [-0.05, 0) is 30.9 Å². The van der Waals surface area contributed by atoms with Crippen molar-refractivity contribution in [1.82, 2.24) is 10.2 Å². The van der Waals surface area contributed by atoms with Crippen LogP contribution >= 0.6 is 0 Å². The number of aryl methyl sites for hydroxylation is 1. The van der Waals surface area contributed by atoms with E-state index in [2.05, 4.69) is 31.3 Å². The molecule has 0 spiro atoms. The summed E-state index contributed by atoms with van der Waals surface area (Å²) >= 11 is 0. The third-order valence-corrected chi connectivity index (χ3v) is 4.18. The van der Waals surface area contributed by atoms with Gasteiger partial charge in [0.15, 0.2) is 0 Å². The number of rotatable bonds is 5. The highest BCUT2D eigenvalue weighted by Gasteiger charge is 2.18. The van der Waals surface area contributed by atoms with Gasteiger partial charge in [-0.1, -0.05) is 24.6 Å². The highest BCUT2D eigenvalue weighted by atomic mass is 16.5. The second-order valence-corrected chi connectivity index (χ2v) is 5.82. The van der Waals surface area contributed by atoms with E-state index in [4.69, 9.17) is 4.74 Å². The Kier molecular flexibility index (Phi) is 5.62. The van der Waals surface area contributed by atoms with Gasteiger partial charge in [0.05, 0.1) is 7.11 Å². The fourth-order valence-electron chi connectivity index (χ4n) is 2.81. The van der Waals surface area contributed by atoms with Gasteiger partial charge in [0.25, 0.3) is 0 Å². The number of methoxy groups -OCH3 is 1. The van der Waals surface area contributed by atoms with E-state index in [0.29, 0.717) is 12.3 Å². The quantitative estimate of drug-likeness (QED) is 0.905. The number of hydrogen-bond acceptors (Lipinski definition) is 3. The lowest BCUT2D eigenvalue weighted by atomic mass is 9.93. The van der Waals surface area contributed by atoms with Gasteiger partial charge in [0, 0.05) is 32.6 Å². The number of piperazine rings is 1. The topological polar surface area (TPSA) is 41.6 Å². The molecule has 1 aliphatic rings. The number of carbonyl (C=O) groups is 1. The molecule has 4 heteroatoms. The minimum atomic E-state index is 0.273. The van der Waals surface area contributed by atoms with Crippen molar-refractivity contribution in [1.29, 1.82) is 0 Å². The summed E-state index contributed by atoms with van der Waals surface area (Å²) in [6, 6.07) is 6.24. The summed E-state index contributed by atoms with van der Waals surface area (Å²) < 4.78 is 5.44. The zero-order valence-corrected chi connectivity index (χ0v) is 13.3. The molecule has 4 nitrogen and oxygen atoms in total. The van der Waals surface area contributed by atoms with E-state index in [0.717, 1.165) is 38.3 Å². The SMILES string of the molecule is COc1ccc(C)cc1C(C)CCC(=O)N1CCNCC1. The summed E-state index contributed by atoms with van der Waals surface area (Å²) in [5.74, 6) is 1.52. The third kappa shape index (κ3) is 4.21. The van der Waals surface area contributed by atoms with E-state index in [1.807, 2.05) is 11.0 Å². The smallest absolute Gasteiger partial charge is 0.222 e. The molecule has 1 aliphatic heterocycles. The number of nitrogens with zero attached hydrogens (tertiary/aromatic N) is 1. The van der Waals surface area contributed by atoms with Gasteiger partial charge in [-0.3, -0.25) is 4.79 Å². The maximum Gasteiger partial charge on any atom is 0.222 e. The predicted molar refractivity (Wildman–Crippen MR) is 84.8 cm³/mol. The van der Waals surface area contributed by atoms with Crippen LogP contribution in [0.2, 0.25) is 0 Å². The van der Waals surface area contributed by atoms with Gasteiger partial charge in [-0.15, -0.1) is 0 Å². The molecule has 1 fully saturated rings. The van der Waals surface area contributed by atoms with Crippen LogP contribution in [0.1, 0.15) is 36.8 Å². The number of hydrogen-bond donors (Lipinski definition) is 1. The van der Waals surface area contributed by atoms with Crippen LogP contribution in [0.15, 0.2) is 18.2 Å². The molecule has 116 valence electrons. The second-order valence-electron chi connectivity index (χ2n) is 5.82. The van der Waals surface area contributed by atoms with Crippen LogP contribution in [-0.2, 0) is 4.79 Å². The lowest BCUT2D eigenvalue weighted by Gasteiger charge is -2.28. The first-order valence-corrected chi connectivity index (χ1v) is 7.75. The lowest BCUT2D eigenvalue weighted by molar-refractivity contribution is -0.131. The molecule has 0 aromatic heterocycles. The maximum absolute atomic E-state index is 12.2. The van der Waals surface area contributed by atoms with Crippen molar-refractivity contribution >= 4 is 5.91 Å². The number of ether oxygens (including phenoxy) is 1. The molecule has 0 radical (unpaired) electrons. The van der Waals surface area contributed by atoms with E-state index < -0.39 is 0 Å². The van der Waals surface area contributed by atoms with Crippen molar-refractivity contribution in [2.45, 2.75) is 32.6 Å². The van der Waals surface area contributed by atoms with Crippen molar-refractivity contribution < 1.29 is 9.53 Å². The molecule has 0 bridgehead atoms. The molecule has 1 saturated heterocycles. The van der Waals surface area contributed by atoms with Gasteiger partial charge in [-0.25, -0.2) is 0 Å². The summed E-state index contributed by atoms with van der Waals surface area (Å²) in [5.41, 5.74) is 2.43. The van der Waals surface area contributed by atoms with Crippen molar-refractivity contribution in [2.24, 2.45) is 0 Å². The van der Waals surface area contributed by atoms with E-state index >= 15 is 0 Å². The van der Waals surface area contributed by atoms with Crippen molar-refractivity contribution in [3.8, 4) is 5.75 Å². The molecule has 21 heavy (non-hydrogen) atoms. The Bertz CT molecular complexity index is 482. The largest absolute Gasteiger partial charge is 0.496 e. The first-order valence-electron chi connectivity index (χ1n) is 7.75. The average molecular weight is 290 g/mol. The molecule has 1 heterocycles.